The van der Waals surface area contributed by atoms with Crippen molar-refractivity contribution in [2.24, 2.45) is 11.8 Å². The fraction of sp³-hybridized carbons (Fsp3) is 0.440. The molecule has 1 fully saturated rings. The predicted octanol–water partition coefficient (Wildman–Crippen LogP) is 2.06. The number of likely N-dealkylation sites (tertiary alicyclic amines) is 1. The van der Waals surface area contributed by atoms with Crippen LogP contribution in [-0.4, -0.2) is 51.6 Å². The molecule has 1 saturated heterocycles. The smallest absolute Gasteiger partial charge is 0.258 e. The van der Waals surface area contributed by atoms with E-state index >= 15 is 0 Å². The number of nitrogens with zero attached hydrogens (tertiary/aromatic N) is 3. The van der Waals surface area contributed by atoms with Gasteiger partial charge in [0.2, 0.25) is 5.91 Å². The Hall–Kier alpha value is -2.70. The second-order valence-electron chi connectivity index (χ2n) is 8.97. The van der Waals surface area contributed by atoms with Gasteiger partial charge in [0.05, 0.1) is 12.1 Å². The molecule has 4 atom stereocenters. The summed E-state index contributed by atoms with van der Waals surface area (Å²) >= 11 is 0. The molecular weight excluding hydrogens is 390 g/mol. The van der Waals surface area contributed by atoms with Crippen LogP contribution in [0.25, 0.3) is 6.08 Å². The Morgan fingerprint density at radius 3 is 2.71 bits per heavy atom. The van der Waals surface area contributed by atoms with Crippen molar-refractivity contribution in [3.05, 3.63) is 75.2 Å². The number of carbonyl (C=O) groups excluding carboxylic acids is 1. The molecule has 6 nitrogen and oxygen atoms in total. The molecule has 31 heavy (non-hydrogen) atoms. The van der Waals surface area contributed by atoms with Gasteiger partial charge >= 0.3 is 0 Å². The first-order valence-electron chi connectivity index (χ1n) is 11.1. The number of pyridine rings is 1. The topological polar surface area (TPSA) is 65.8 Å². The number of aromatic nitrogens is 1. The van der Waals surface area contributed by atoms with E-state index in [0.717, 1.165) is 12.1 Å². The maximum atomic E-state index is 13.6. The van der Waals surface area contributed by atoms with Gasteiger partial charge in [0.25, 0.3) is 5.56 Å². The molecule has 1 amide bonds. The fourth-order valence-electron chi connectivity index (χ4n) is 5.95. The van der Waals surface area contributed by atoms with Gasteiger partial charge < -0.3 is 14.6 Å². The maximum absolute atomic E-state index is 13.6. The molecule has 0 bridgehead atoms. The lowest BCUT2D eigenvalue weighted by Crippen LogP contribution is -2.50. The van der Waals surface area contributed by atoms with E-state index in [1.165, 1.54) is 11.1 Å². The van der Waals surface area contributed by atoms with Crippen LogP contribution >= 0.6 is 0 Å². The number of rotatable bonds is 3. The minimum Gasteiger partial charge on any atom is -0.396 e. The van der Waals surface area contributed by atoms with E-state index in [-0.39, 0.29) is 42.0 Å². The van der Waals surface area contributed by atoms with Crippen molar-refractivity contribution in [2.75, 3.05) is 20.2 Å². The number of hydrogen-bond acceptors (Lipinski definition) is 4. The van der Waals surface area contributed by atoms with E-state index in [9.17, 15) is 14.7 Å². The van der Waals surface area contributed by atoms with Crippen LogP contribution in [0.15, 0.2) is 47.3 Å². The molecule has 1 aromatic heterocycles. The van der Waals surface area contributed by atoms with Crippen LogP contribution in [0.4, 0.5) is 0 Å². The lowest BCUT2D eigenvalue weighted by atomic mass is 9.87. The van der Waals surface area contributed by atoms with Gasteiger partial charge in [-0.1, -0.05) is 36.4 Å². The fourth-order valence-corrected chi connectivity index (χ4v) is 5.95. The monoisotopic (exact) mass is 419 g/mol. The predicted molar refractivity (Wildman–Crippen MR) is 119 cm³/mol. The van der Waals surface area contributed by atoms with E-state index in [0.29, 0.717) is 25.2 Å². The lowest BCUT2D eigenvalue weighted by molar-refractivity contribution is -0.138. The van der Waals surface area contributed by atoms with E-state index in [1.54, 1.807) is 0 Å². The summed E-state index contributed by atoms with van der Waals surface area (Å²) in [6.45, 7) is 3.71. The van der Waals surface area contributed by atoms with Gasteiger partial charge in [0.15, 0.2) is 0 Å². The van der Waals surface area contributed by atoms with Crippen molar-refractivity contribution in [1.29, 1.82) is 0 Å². The van der Waals surface area contributed by atoms with Gasteiger partial charge in [0, 0.05) is 49.3 Å². The van der Waals surface area contributed by atoms with Crippen LogP contribution in [0.2, 0.25) is 0 Å². The van der Waals surface area contributed by atoms with Gasteiger partial charge in [-0.05, 0) is 43.7 Å². The van der Waals surface area contributed by atoms with Crippen molar-refractivity contribution in [3.8, 4) is 0 Å². The van der Waals surface area contributed by atoms with E-state index in [1.807, 2.05) is 59.9 Å². The molecule has 0 radical (unpaired) electrons. The molecule has 162 valence electrons. The highest BCUT2D eigenvalue weighted by molar-refractivity contribution is 5.83. The van der Waals surface area contributed by atoms with Crippen LogP contribution in [0.3, 0.4) is 0 Å². The Labute approximate surface area is 182 Å². The zero-order chi connectivity index (χ0) is 21.7. The Morgan fingerprint density at radius 2 is 1.97 bits per heavy atom. The normalized spacial score (nSPS) is 27.4. The van der Waals surface area contributed by atoms with Gasteiger partial charge in [-0.2, -0.15) is 0 Å². The number of fused-ring (bicyclic) bond motifs is 4. The number of likely N-dealkylation sites (N-methyl/N-ethyl adjacent to an activating group) is 1. The molecule has 4 heterocycles. The second-order valence-corrected chi connectivity index (χ2v) is 8.97. The van der Waals surface area contributed by atoms with Crippen molar-refractivity contribution < 1.29 is 9.90 Å². The number of carbonyl (C=O) groups is 1. The highest BCUT2D eigenvalue weighted by Gasteiger charge is 2.54. The second kappa shape index (κ2) is 7.77. The molecule has 2 aromatic rings. The minimum absolute atomic E-state index is 0.00519. The molecule has 1 N–H and O–H groups in total. The van der Waals surface area contributed by atoms with Crippen LogP contribution in [0.5, 0.6) is 0 Å². The molecule has 3 aliphatic rings. The summed E-state index contributed by atoms with van der Waals surface area (Å²) in [6.07, 6.45) is 4.56. The molecule has 6 heteroatoms. The Balaban J connectivity index is 1.45. The molecular formula is C25H29N3O3. The average molecular weight is 420 g/mol. The van der Waals surface area contributed by atoms with Crippen LogP contribution < -0.4 is 5.56 Å². The van der Waals surface area contributed by atoms with Gasteiger partial charge in [-0.25, -0.2) is 0 Å². The van der Waals surface area contributed by atoms with Crippen LogP contribution in [0.1, 0.15) is 35.3 Å². The quantitative estimate of drug-likeness (QED) is 0.827. The summed E-state index contributed by atoms with van der Waals surface area (Å²) in [5.74, 6) is -0.0522. The molecule has 0 unspecified atom stereocenters. The average Bonchev–Trinajstić information content (AvgIpc) is 3.30. The van der Waals surface area contributed by atoms with E-state index in [4.69, 9.17) is 0 Å². The standard InChI is InChI=1S/C25H29N3O3/c1-3-6-17-9-10-21-22-19(14-28(21)24(17)30)20(15-29)23(26(22)2)25(31)27-12-11-16-7-4-5-8-18(16)13-27/h3-10,19-20,22-23,29H,11-15H2,1-2H3/b6-3-/t19-,20-,22+,23-/m0/s1. The first-order chi connectivity index (χ1) is 15.0. The van der Waals surface area contributed by atoms with Crippen molar-refractivity contribution >= 4 is 12.0 Å². The highest BCUT2D eigenvalue weighted by Crippen LogP contribution is 2.48. The van der Waals surface area contributed by atoms with Crippen molar-refractivity contribution in [1.82, 2.24) is 14.4 Å². The van der Waals surface area contributed by atoms with Crippen LogP contribution in [-0.2, 0) is 24.3 Å². The zero-order valence-corrected chi connectivity index (χ0v) is 18.1. The van der Waals surface area contributed by atoms with Gasteiger partial charge in [-0.3, -0.25) is 14.5 Å². The summed E-state index contributed by atoms with van der Waals surface area (Å²) in [5, 5.41) is 10.3. The third kappa shape index (κ3) is 3.08. The van der Waals surface area contributed by atoms with Crippen molar-refractivity contribution in [3.63, 3.8) is 0 Å². The van der Waals surface area contributed by atoms with E-state index in [2.05, 4.69) is 17.0 Å². The summed E-state index contributed by atoms with van der Waals surface area (Å²) in [7, 11) is 1.97. The zero-order valence-electron chi connectivity index (χ0n) is 18.1. The maximum Gasteiger partial charge on any atom is 0.258 e. The van der Waals surface area contributed by atoms with E-state index < -0.39 is 0 Å². The SMILES string of the molecule is C/C=C\c1ccc2n(c1=O)C[C@H]1[C@H](CO)[C@@H](C(=O)N3CCc4ccccc4C3)N(C)[C@@H]21. The molecule has 1 aromatic carbocycles. The third-order valence-electron chi connectivity index (χ3n) is 7.42. The first kappa shape index (κ1) is 20.2. The number of hydrogen-bond donors (Lipinski definition) is 1. The molecule has 0 spiro atoms. The largest absolute Gasteiger partial charge is 0.396 e. The number of allylic oxidation sites excluding steroid dienone is 1. The Bertz CT molecular complexity index is 1110. The number of benzene rings is 1. The highest BCUT2D eigenvalue weighted by atomic mass is 16.3. The third-order valence-corrected chi connectivity index (χ3v) is 7.42. The number of aliphatic hydroxyl groups excluding tert-OH is 1. The molecule has 0 aliphatic carbocycles. The molecule has 0 saturated carbocycles. The Morgan fingerprint density at radius 1 is 1.19 bits per heavy atom. The van der Waals surface area contributed by atoms with Crippen LogP contribution in [0, 0.1) is 11.8 Å². The lowest BCUT2D eigenvalue weighted by Gasteiger charge is -2.35. The summed E-state index contributed by atoms with van der Waals surface area (Å²) in [6, 6.07) is 11.8. The van der Waals surface area contributed by atoms with Gasteiger partial charge in [0.1, 0.15) is 0 Å². The summed E-state index contributed by atoms with van der Waals surface area (Å²) in [4.78, 5) is 30.6. The molecule has 5 rings (SSSR count). The minimum atomic E-state index is -0.371. The number of amides is 1. The van der Waals surface area contributed by atoms with Gasteiger partial charge in [-0.15, -0.1) is 0 Å². The molecule has 3 aliphatic heterocycles. The summed E-state index contributed by atoms with van der Waals surface area (Å²) in [5.41, 5.74) is 4.15. The Kier molecular flexibility index (Phi) is 5.07. The summed E-state index contributed by atoms with van der Waals surface area (Å²) < 4.78 is 1.83. The number of aliphatic hydroxyl groups is 1. The van der Waals surface area contributed by atoms with Crippen molar-refractivity contribution in [2.45, 2.75) is 38.5 Å². The first-order valence-corrected chi connectivity index (χ1v) is 11.1.